The molecule has 0 unspecified atom stereocenters. The third-order valence-corrected chi connectivity index (χ3v) is 5.07. The summed E-state index contributed by atoms with van der Waals surface area (Å²) in [6.45, 7) is 9.27. The smallest absolute Gasteiger partial charge is 0.355 e. The average Bonchev–Trinajstić information content (AvgIpc) is 2.92. The van der Waals surface area contributed by atoms with Crippen LogP contribution in [0.2, 0.25) is 0 Å². The van der Waals surface area contributed by atoms with Crippen LogP contribution in [-0.4, -0.2) is 47.6 Å². The predicted octanol–water partition coefficient (Wildman–Crippen LogP) is 4.73. The van der Waals surface area contributed by atoms with Gasteiger partial charge < -0.3 is 15.5 Å². The molecule has 2 heterocycles. The number of rotatable bonds is 4. The molecule has 0 atom stereocenters. The van der Waals surface area contributed by atoms with Crippen molar-refractivity contribution in [3.63, 3.8) is 0 Å². The average molecular weight is 450 g/mol. The first-order chi connectivity index (χ1) is 15.0. The number of halogens is 3. The van der Waals surface area contributed by atoms with Crippen molar-refractivity contribution in [3.05, 3.63) is 53.7 Å². The molecule has 2 amide bonds. The lowest BCUT2D eigenvalue weighted by atomic mass is 10.1. The van der Waals surface area contributed by atoms with Crippen LogP contribution in [-0.2, 0) is 12.7 Å². The Labute approximate surface area is 186 Å². The van der Waals surface area contributed by atoms with E-state index in [1.54, 1.807) is 12.3 Å². The lowest BCUT2D eigenvalue weighted by molar-refractivity contribution is -0.137. The highest BCUT2D eigenvalue weighted by molar-refractivity contribution is 5.89. The molecule has 1 fully saturated rings. The number of nitrogens with one attached hydrogen (secondary N) is 2. The minimum absolute atomic E-state index is 0.285. The maximum absolute atomic E-state index is 13.0. The maximum Gasteiger partial charge on any atom is 0.416 e. The topological polar surface area (TPSA) is 60.5 Å². The number of alkyl halides is 3. The van der Waals surface area contributed by atoms with Crippen LogP contribution in [0.3, 0.4) is 0 Å². The van der Waals surface area contributed by atoms with E-state index in [1.165, 1.54) is 12.1 Å². The van der Waals surface area contributed by atoms with Crippen molar-refractivity contribution >= 4 is 17.5 Å². The Morgan fingerprint density at radius 3 is 2.50 bits per heavy atom. The number of pyridine rings is 1. The fraction of sp³-hybridized carbons (Fsp3) is 0.478. The number of urea groups is 1. The first-order valence-electron chi connectivity index (χ1n) is 10.7. The molecule has 1 aliphatic rings. The number of hydrogen-bond acceptors (Lipinski definition) is 4. The van der Waals surface area contributed by atoms with Crippen molar-refractivity contribution in [1.82, 2.24) is 15.2 Å². The fourth-order valence-corrected chi connectivity index (χ4v) is 3.61. The maximum atomic E-state index is 13.0. The summed E-state index contributed by atoms with van der Waals surface area (Å²) >= 11 is 0. The molecule has 174 valence electrons. The second-order valence-corrected chi connectivity index (χ2v) is 9.05. The van der Waals surface area contributed by atoms with Gasteiger partial charge in [-0.2, -0.15) is 13.2 Å². The number of aromatic nitrogens is 1. The lowest BCUT2D eigenvalue weighted by Gasteiger charge is -2.23. The zero-order valence-electron chi connectivity index (χ0n) is 18.7. The summed E-state index contributed by atoms with van der Waals surface area (Å²) < 4.78 is 38.9. The van der Waals surface area contributed by atoms with E-state index in [9.17, 15) is 18.0 Å². The molecule has 3 rings (SSSR count). The molecule has 0 saturated carbocycles. The molecule has 1 aromatic heterocycles. The molecule has 0 aliphatic carbocycles. The van der Waals surface area contributed by atoms with Gasteiger partial charge >= 0.3 is 12.2 Å². The van der Waals surface area contributed by atoms with Crippen molar-refractivity contribution in [1.29, 1.82) is 0 Å². The van der Waals surface area contributed by atoms with Gasteiger partial charge in [-0.1, -0.05) is 18.2 Å². The summed E-state index contributed by atoms with van der Waals surface area (Å²) in [5.41, 5.74) is 0.330. The molecule has 9 heteroatoms. The van der Waals surface area contributed by atoms with Gasteiger partial charge in [-0.25, -0.2) is 9.78 Å². The van der Waals surface area contributed by atoms with Crippen molar-refractivity contribution in [3.8, 4) is 0 Å². The van der Waals surface area contributed by atoms with Crippen LogP contribution in [0.15, 0.2) is 42.6 Å². The van der Waals surface area contributed by atoms with Gasteiger partial charge in [0.05, 0.1) is 17.4 Å². The van der Waals surface area contributed by atoms with E-state index in [0.29, 0.717) is 17.8 Å². The molecular weight excluding hydrogens is 419 g/mol. The third kappa shape index (κ3) is 7.12. The Morgan fingerprint density at radius 2 is 1.84 bits per heavy atom. The Morgan fingerprint density at radius 1 is 1.06 bits per heavy atom. The van der Waals surface area contributed by atoms with Crippen molar-refractivity contribution in [2.45, 2.75) is 45.5 Å². The zero-order chi connectivity index (χ0) is 23.4. The van der Waals surface area contributed by atoms with Gasteiger partial charge in [0.25, 0.3) is 0 Å². The number of nitrogens with zero attached hydrogens (tertiary/aromatic N) is 3. The summed E-state index contributed by atoms with van der Waals surface area (Å²) in [7, 11) is 0. The molecule has 6 nitrogen and oxygen atoms in total. The van der Waals surface area contributed by atoms with E-state index in [2.05, 4.69) is 25.4 Å². The summed E-state index contributed by atoms with van der Waals surface area (Å²) in [5.74, 6) is 0.813. The van der Waals surface area contributed by atoms with Crippen LogP contribution in [0, 0.1) is 0 Å². The number of amides is 2. The van der Waals surface area contributed by atoms with Gasteiger partial charge in [-0.3, -0.25) is 4.90 Å². The largest absolute Gasteiger partial charge is 0.416 e. The molecule has 2 aromatic rings. The number of hydrogen-bond donors (Lipinski definition) is 2. The van der Waals surface area contributed by atoms with Gasteiger partial charge in [0.1, 0.15) is 5.82 Å². The number of benzene rings is 1. The Hall–Kier alpha value is -2.81. The molecule has 0 radical (unpaired) electrons. The molecule has 1 saturated heterocycles. The fourth-order valence-electron chi connectivity index (χ4n) is 3.61. The molecule has 1 aliphatic heterocycles. The van der Waals surface area contributed by atoms with E-state index in [1.807, 2.05) is 32.9 Å². The minimum Gasteiger partial charge on any atom is -0.355 e. The van der Waals surface area contributed by atoms with Gasteiger partial charge in [-0.05, 0) is 51.0 Å². The standard InChI is InChI=1S/C23H30F3N5O/c1-22(2,3)29-21(32)28-19-8-9-20(27-15-19)31-11-5-10-30(12-13-31)16-17-6-4-7-18(14-17)23(24,25)26/h4,6-9,14-15H,5,10-13,16H2,1-3H3,(H2,28,29,32). The quantitative estimate of drug-likeness (QED) is 0.708. The van der Waals surface area contributed by atoms with Gasteiger partial charge in [0.2, 0.25) is 0 Å². The van der Waals surface area contributed by atoms with Gasteiger partial charge in [0, 0.05) is 38.3 Å². The van der Waals surface area contributed by atoms with E-state index in [0.717, 1.165) is 44.5 Å². The molecule has 0 spiro atoms. The Bertz CT molecular complexity index is 909. The van der Waals surface area contributed by atoms with E-state index >= 15 is 0 Å². The molecule has 0 bridgehead atoms. The predicted molar refractivity (Wildman–Crippen MR) is 120 cm³/mol. The van der Waals surface area contributed by atoms with Crippen LogP contribution in [0.5, 0.6) is 0 Å². The van der Waals surface area contributed by atoms with E-state index in [-0.39, 0.29) is 11.6 Å². The summed E-state index contributed by atoms with van der Waals surface area (Å²) in [6, 6.07) is 8.93. The van der Waals surface area contributed by atoms with Crippen LogP contribution in [0.1, 0.15) is 38.3 Å². The minimum atomic E-state index is -4.33. The number of carbonyl (C=O) groups is 1. The van der Waals surface area contributed by atoms with Crippen LogP contribution >= 0.6 is 0 Å². The molecule has 32 heavy (non-hydrogen) atoms. The van der Waals surface area contributed by atoms with E-state index in [4.69, 9.17) is 0 Å². The number of carbonyl (C=O) groups excluding carboxylic acids is 1. The highest BCUT2D eigenvalue weighted by Gasteiger charge is 2.30. The SMILES string of the molecule is CC(C)(C)NC(=O)Nc1ccc(N2CCCN(Cc3cccc(C(F)(F)F)c3)CC2)nc1. The number of anilines is 2. The summed E-state index contributed by atoms with van der Waals surface area (Å²) in [4.78, 5) is 20.8. The van der Waals surface area contributed by atoms with Crippen molar-refractivity contribution in [2.75, 3.05) is 36.4 Å². The van der Waals surface area contributed by atoms with Crippen LogP contribution in [0.25, 0.3) is 0 Å². The highest BCUT2D eigenvalue weighted by atomic mass is 19.4. The summed E-state index contributed by atoms with van der Waals surface area (Å²) in [5, 5.41) is 5.61. The normalized spacial score (nSPS) is 15.9. The van der Waals surface area contributed by atoms with E-state index < -0.39 is 11.7 Å². The third-order valence-electron chi connectivity index (χ3n) is 5.07. The van der Waals surface area contributed by atoms with Gasteiger partial charge in [0.15, 0.2) is 0 Å². The second kappa shape index (κ2) is 9.77. The van der Waals surface area contributed by atoms with Crippen LogP contribution < -0.4 is 15.5 Å². The monoisotopic (exact) mass is 449 g/mol. The first kappa shape index (κ1) is 23.8. The van der Waals surface area contributed by atoms with Crippen molar-refractivity contribution < 1.29 is 18.0 Å². The lowest BCUT2D eigenvalue weighted by Crippen LogP contribution is -2.43. The molecular formula is C23H30F3N5O. The first-order valence-corrected chi connectivity index (χ1v) is 10.7. The van der Waals surface area contributed by atoms with Gasteiger partial charge in [-0.15, -0.1) is 0 Å². The van der Waals surface area contributed by atoms with Crippen LogP contribution in [0.4, 0.5) is 29.5 Å². The molecule has 1 aromatic carbocycles. The summed E-state index contributed by atoms with van der Waals surface area (Å²) in [6.07, 6.45) is -1.82. The Kier molecular flexibility index (Phi) is 7.28. The Balaban J connectivity index is 1.55. The molecule has 2 N–H and O–H groups in total. The zero-order valence-corrected chi connectivity index (χ0v) is 18.7. The second-order valence-electron chi connectivity index (χ2n) is 9.05. The highest BCUT2D eigenvalue weighted by Crippen LogP contribution is 2.30. The van der Waals surface area contributed by atoms with Crippen molar-refractivity contribution in [2.24, 2.45) is 0 Å².